The lowest BCUT2D eigenvalue weighted by atomic mass is 10.2. The molecule has 0 bridgehead atoms. The number of para-hydroxylation sites is 2. The summed E-state index contributed by atoms with van der Waals surface area (Å²) in [5.74, 6) is -0.0509. The fourth-order valence-corrected chi connectivity index (χ4v) is 4.53. The quantitative estimate of drug-likeness (QED) is 0.670. The third-order valence-electron chi connectivity index (χ3n) is 4.21. The molecule has 1 aliphatic heterocycles. The van der Waals surface area contributed by atoms with Crippen LogP contribution in [0.2, 0.25) is 8.67 Å². The van der Waals surface area contributed by atoms with E-state index in [1.54, 1.807) is 6.07 Å². The molecule has 4 rings (SSSR count). The van der Waals surface area contributed by atoms with Crippen molar-refractivity contribution in [3.63, 3.8) is 0 Å². The maximum absolute atomic E-state index is 12.6. The Bertz CT molecular complexity index is 888. The fourth-order valence-electron chi connectivity index (χ4n) is 3.08. The van der Waals surface area contributed by atoms with Gasteiger partial charge in [0.25, 0.3) is 5.91 Å². The molecule has 1 amide bonds. The van der Waals surface area contributed by atoms with Gasteiger partial charge in [-0.25, -0.2) is 4.98 Å². The SMILES string of the molecule is O=C(c1cc(Cl)sc1Cl)N1CCC(n2cnc3ccccc32)C1. The van der Waals surface area contributed by atoms with Crippen LogP contribution in [0.3, 0.4) is 0 Å². The number of fused-ring (bicyclic) bond motifs is 1. The molecule has 1 aromatic carbocycles. The normalized spacial score (nSPS) is 18.0. The van der Waals surface area contributed by atoms with Crippen molar-refractivity contribution in [3.8, 4) is 0 Å². The lowest BCUT2D eigenvalue weighted by Gasteiger charge is -2.17. The standard InChI is InChI=1S/C16H13Cl2N3OS/c17-14-7-11(15(18)23-14)16(22)20-6-5-10(8-20)21-9-19-12-3-1-2-4-13(12)21/h1-4,7,9-10H,5-6,8H2. The molecule has 118 valence electrons. The van der Waals surface area contributed by atoms with Crippen molar-refractivity contribution in [1.29, 1.82) is 0 Å². The first-order chi connectivity index (χ1) is 11.1. The molecule has 2 aromatic heterocycles. The van der Waals surface area contributed by atoms with E-state index in [4.69, 9.17) is 23.2 Å². The maximum atomic E-state index is 12.6. The summed E-state index contributed by atoms with van der Waals surface area (Å²) in [5.41, 5.74) is 2.58. The van der Waals surface area contributed by atoms with Crippen LogP contribution >= 0.6 is 34.5 Å². The molecule has 7 heteroatoms. The summed E-state index contributed by atoms with van der Waals surface area (Å²) in [6, 6.07) is 9.92. The van der Waals surface area contributed by atoms with Gasteiger partial charge < -0.3 is 9.47 Å². The Balaban J connectivity index is 1.57. The molecule has 23 heavy (non-hydrogen) atoms. The van der Waals surface area contributed by atoms with E-state index in [1.165, 1.54) is 11.3 Å². The smallest absolute Gasteiger partial charge is 0.256 e. The maximum Gasteiger partial charge on any atom is 0.256 e. The number of halogens is 2. The first-order valence-electron chi connectivity index (χ1n) is 7.29. The number of rotatable bonds is 2. The second-order valence-corrected chi connectivity index (χ2v) is 7.86. The first kappa shape index (κ1) is 15.0. The van der Waals surface area contributed by atoms with Crippen LogP contribution in [0.15, 0.2) is 36.7 Å². The van der Waals surface area contributed by atoms with Gasteiger partial charge in [0.1, 0.15) is 4.34 Å². The third-order valence-corrected chi connectivity index (χ3v) is 5.70. The van der Waals surface area contributed by atoms with Gasteiger partial charge in [-0.15, -0.1) is 11.3 Å². The molecule has 1 saturated heterocycles. The van der Waals surface area contributed by atoms with Gasteiger partial charge in [0.15, 0.2) is 0 Å². The van der Waals surface area contributed by atoms with Gasteiger partial charge in [0.05, 0.1) is 33.3 Å². The van der Waals surface area contributed by atoms with Gasteiger partial charge in [-0.2, -0.15) is 0 Å². The van der Waals surface area contributed by atoms with Crippen molar-refractivity contribution < 1.29 is 4.79 Å². The number of carbonyl (C=O) groups excluding carboxylic acids is 1. The van der Waals surface area contributed by atoms with Crippen LogP contribution < -0.4 is 0 Å². The van der Waals surface area contributed by atoms with E-state index in [0.717, 1.165) is 17.5 Å². The lowest BCUT2D eigenvalue weighted by molar-refractivity contribution is 0.0788. The van der Waals surface area contributed by atoms with Crippen molar-refractivity contribution >= 4 is 51.5 Å². The number of imidazole rings is 1. The summed E-state index contributed by atoms with van der Waals surface area (Å²) in [6.07, 6.45) is 2.76. The minimum atomic E-state index is -0.0509. The Morgan fingerprint density at radius 1 is 1.30 bits per heavy atom. The molecule has 0 saturated carbocycles. The average molecular weight is 366 g/mol. The molecule has 0 spiro atoms. The monoisotopic (exact) mass is 365 g/mol. The van der Waals surface area contributed by atoms with Crippen LogP contribution in [-0.4, -0.2) is 33.4 Å². The first-order valence-corrected chi connectivity index (χ1v) is 8.86. The predicted octanol–water partition coefficient (Wildman–Crippen LogP) is 4.49. The summed E-state index contributed by atoms with van der Waals surface area (Å²) in [5, 5.41) is 0. The van der Waals surface area contributed by atoms with E-state index < -0.39 is 0 Å². The molecule has 3 heterocycles. The zero-order chi connectivity index (χ0) is 16.0. The number of amides is 1. The average Bonchev–Trinajstić information content (AvgIpc) is 3.24. The van der Waals surface area contributed by atoms with Crippen LogP contribution in [-0.2, 0) is 0 Å². The van der Waals surface area contributed by atoms with E-state index in [9.17, 15) is 4.79 Å². The molecule has 3 aromatic rings. The summed E-state index contributed by atoms with van der Waals surface area (Å²) < 4.78 is 3.15. The van der Waals surface area contributed by atoms with Gasteiger partial charge in [-0.1, -0.05) is 35.3 Å². The number of benzene rings is 1. The molecular weight excluding hydrogens is 353 g/mol. The zero-order valence-corrected chi connectivity index (χ0v) is 14.4. The number of thiophene rings is 1. The molecule has 1 fully saturated rings. The van der Waals surface area contributed by atoms with Gasteiger partial charge >= 0.3 is 0 Å². The van der Waals surface area contributed by atoms with Gasteiger partial charge in [0.2, 0.25) is 0 Å². The molecule has 1 unspecified atom stereocenters. The Morgan fingerprint density at radius 3 is 2.91 bits per heavy atom. The molecule has 1 atom stereocenters. The van der Waals surface area contributed by atoms with Gasteiger partial charge in [0, 0.05) is 13.1 Å². The number of hydrogen-bond donors (Lipinski definition) is 0. The second-order valence-electron chi connectivity index (χ2n) is 5.57. The Morgan fingerprint density at radius 2 is 2.13 bits per heavy atom. The van der Waals surface area contributed by atoms with Crippen molar-refractivity contribution in [2.75, 3.05) is 13.1 Å². The Labute approximate surface area is 147 Å². The number of aromatic nitrogens is 2. The molecule has 1 aliphatic rings. The molecule has 0 aliphatic carbocycles. The molecule has 0 N–H and O–H groups in total. The third kappa shape index (κ3) is 2.63. The fraction of sp³-hybridized carbons (Fsp3) is 0.250. The number of carbonyl (C=O) groups is 1. The highest BCUT2D eigenvalue weighted by molar-refractivity contribution is 7.20. The van der Waals surface area contributed by atoms with Gasteiger partial charge in [-0.05, 0) is 24.6 Å². The van der Waals surface area contributed by atoms with E-state index in [1.807, 2.05) is 29.4 Å². The summed E-state index contributed by atoms with van der Waals surface area (Å²) in [7, 11) is 0. The molecule has 4 nitrogen and oxygen atoms in total. The molecule has 0 radical (unpaired) electrons. The summed E-state index contributed by atoms with van der Waals surface area (Å²) in [6.45, 7) is 1.36. The Hall–Kier alpha value is -1.56. The Kier molecular flexibility index (Phi) is 3.79. The van der Waals surface area contributed by atoms with Crippen molar-refractivity contribution in [2.24, 2.45) is 0 Å². The van der Waals surface area contributed by atoms with E-state index in [-0.39, 0.29) is 11.9 Å². The summed E-state index contributed by atoms with van der Waals surface area (Å²) >= 11 is 13.3. The minimum Gasteiger partial charge on any atom is -0.336 e. The number of likely N-dealkylation sites (tertiary alicyclic amines) is 1. The minimum absolute atomic E-state index is 0.0509. The second kappa shape index (κ2) is 5.82. The number of hydrogen-bond acceptors (Lipinski definition) is 3. The van der Waals surface area contributed by atoms with E-state index in [0.29, 0.717) is 27.3 Å². The predicted molar refractivity (Wildman–Crippen MR) is 93.6 cm³/mol. The van der Waals surface area contributed by atoms with Gasteiger partial charge in [-0.3, -0.25) is 4.79 Å². The summed E-state index contributed by atoms with van der Waals surface area (Å²) in [4.78, 5) is 18.9. The highest BCUT2D eigenvalue weighted by atomic mass is 35.5. The highest BCUT2D eigenvalue weighted by Gasteiger charge is 2.30. The topological polar surface area (TPSA) is 38.1 Å². The van der Waals surface area contributed by atoms with Crippen molar-refractivity contribution in [2.45, 2.75) is 12.5 Å². The highest BCUT2D eigenvalue weighted by Crippen LogP contribution is 2.34. The van der Waals surface area contributed by atoms with Crippen molar-refractivity contribution in [1.82, 2.24) is 14.5 Å². The van der Waals surface area contributed by atoms with Crippen LogP contribution in [0.25, 0.3) is 11.0 Å². The van der Waals surface area contributed by atoms with Crippen LogP contribution in [0.4, 0.5) is 0 Å². The van der Waals surface area contributed by atoms with Crippen LogP contribution in [0, 0.1) is 0 Å². The molecular formula is C16H13Cl2N3OS. The van der Waals surface area contributed by atoms with E-state index >= 15 is 0 Å². The van der Waals surface area contributed by atoms with Crippen LogP contribution in [0.5, 0.6) is 0 Å². The van der Waals surface area contributed by atoms with Crippen molar-refractivity contribution in [3.05, 3.63) is 50.9 Å². The number of nitrogens with zero attached hydrogens (tertiary/aromatic N) is 3. The van der Waals surface area contributed by atoms with E-state index in [2.05, 4.69) is 15.6 Å². The lowest BCUT2D eigenvalue weighted by Crippen LogP contribution is -2.28. The largest absolute Gasteiger partial charge is 0.336 e. The van der Waals surface area contributed by atoms with Crippen LogP contribution in [0.1, 0.15) is 22.8 Å². The zero-order valence-electron chi connectivity index (χ0n) is 12.1.